The number of anilines is 1. The van der Waals surface area contributed by atoms with Gasteiger partial charge in [0.2, 0.25) is 5.95 Å². The van der Waals surface area contributed by atoms with Crippen LogP contribution in [0.25, 0.3) is 0 Å². The second-order valence-electron chi connectivity index (χ2n) is 4.70. The lowest BCUT2D eigenvalue weighted by Crippen LogP contribution is -2.44. The quantitative estimate of drug-likeness (QED) is 0.859. The van der Waals surface area contributed by atoms with Gasteiger partial charge in [-0.15, -0.1) is 0 Å². The van der Waals surface area contributed by atoms with Crippen molar-refractivity contribution in [2.75, 3.05) is 11.9 Å². The molecule has 2 rings (SSSR count). The second-order valence-corrected chi connectivity index (χ2v) is 4.70. The van der Waals surface area contributed by atoms with Gasteiger partial charge in [0.25, 0.3) is 0 Å². The number of hydrogen-bond donors (Lipinski definition) is 1. The van der Waals surface area contributed by atoms with Crippen LogP contribution in [0.15, 0.2) is 0 Å². The van der Waals surface area contributed by atoms with Crippen molar-refractivity contribution in [1.82, 2.24) is 20.2 Å². The molecule has 1 aromatic heterocycles. The zero-order valence-corrected chi connectivity index (χ0v) is 10.8. The van der Waals surface area contributed by atoms with Crippen molar-refractivity contribution in [1.29, 1.82) is 0 Å². The van der Waals surface area contributed by atoms with E-state index in [1.54, 1.807) is 4.68 Å². The maximum absolute atomic E-state index is 5.95. The summed E-state index contributed by atoms with van der Waals surface area (Å²) in [5.41, 5.74) is 0.0297. The zero-order valence-electron chi connectivity index (χ0n) is 10.8. The third-order valence-electron chi connectivity index (χ3n) is 3.73. The average molecular weight is 239 g/mol. The number of nitrogens with one attached hydrogen (secondary N) is 1. The molecule has 0 radical (unpaired) electrons. The summed E-state index contributed by atoms with van der Waals surface area (Å²) in [4.78, 5) is 0. The van der Waals surface area contributed by atoms with E-state index in [9.17, 15) is 0 Å². The summed E-state index contributed by atoms with van der Waals surface area (Å²) in [5.74, 6) is 0.734. The molecular weight excluding hydrogens is 218 g/mol. The first-order chi connectivity index (χ1) is 8.19. The smallest absolute Gasteiger partial charge is 0.242 e. The summed E-state index contributed by atoms with van der Waals surface area (Å²) in [6.07, 6.45) is 4.14. The zero-order chi connectivity index (χ0) is 12.3. The molecule has 1 fully saturated rings. The summed E-state index contributed by atoms with van der Waals surface area (Å²) < 4.78 is 7.61. The van der Waals surface area contributed by atoms with E-state index in [1.807, 2.05) is 7.05 Å². The summed E-state index contributed by atoms with van der Waals surface area (Å²) >= 11 is 0. The molecule has 6 nitrogen and oxygen atoms in total. The van der Waals surface area contributed by atoms with Gasteiger partial charge in [-0.05, 0) is 36.1 Å². The molecule has 0 saturated carbocycles. The molecule has 0 aromatic carbocycles. The molecule has 2 heterocycles. The predicted octanol–water partition coefficient (Wildman–Crippen LogP) is 1.36. The van der Waals surface area contributed by atoms with Crippen molar-refractivity contribution in [3.05, 3.63) is 0 Å². The molecule has 1 saturated heterocycles. The average Bonchev–Trinajstić information content (AvgIpc) is 2.75. The molecule has 0 amide bonds. The summed E-state index contributed by atoms with van der Waals surface area (Å²) in [6, 6.07) is 0.397. The highest BCUT2D eigenvalue weighted by Gasteiger charge is 2.34. The highest BCUT2D eigenvalue weighted by atomic mass is 16.5. The minimum atomic E-state index is 0.0297. The molecule has 1 unspecified atom stereocenters. The number of ether oxygens (including phenoxy) is 1. The Bertz CT molecular complexity index is 360. The molecule has 0 bridgehead atoms. The van der Waals surface area contributed by atoms with E-state index in [1.165, 1.54) is 0 Å². The monoisotopic (exact) mass is 239 g/mol. The molecule has 1 aliphatic heterocycles. The van der Waals surface area contributed by atoms with Crippen LogP contribution in [0.3, 0.4) is 0 Å². The maximum atomic E-state index is 5.95. The van der Waals surface area contributed by atoms with Gasteiger partial charge in [0.05, 0.1) is 5.60 Å². The first-order valence-electron chi connectivity index (χ1n) is 6.32. The number of aryl methyl sites for hydroxylation is 1. The van der Waals surface area contributed by atoms with Gasteiger partial charge in [-0.25, -0.2) is 4.68 Å². The topological polar surface area (TPSA) is 64.9 Å². The van der Waals surface area contributed by atoms with Crippen LogP contribution >= 0.6 is 0 Å². The van der Waals surface area contributed by atoms with Crippen molar-refractivity contribution in [2.45, 2.75) is 51.2 Å². The molecule has 1 aromatic rings. The van der Waals surface area contributed by atoms with Gasteiger partial charge in [-0.2, -0.15) is 0 Å². The van der Waals surface area contributed by atoms with Crippen molar-refractivity contribution in [3.63, 3.8) is 0 Å². The number of rotatable bonds is 4. The number of tetrazole rings is 1. The van der Waals surface area contributed by atoms with E-state index >= 15 is 0 Å². The molecule has 17 heavy (non-hydrogen) atoms. The number of aromatic nitrogens is 4. The molecule has 0 spiro atoms. The predicted molar refractivity (Wildman–Crippen MR) is 64.7 cm³/mol. The lowest BCUT2D eigenvalue weighted by Gasteiger charge is -2.40. The van der Waals surface area contributed by atoms with Gasteiger partial charge in [0.15, 0.2) is 0 Å². The first kappa shape index (κ1) is 12.3. The van der Waals surface area contributed by atoms with Crippen LogP contribution in [0, 0.1) is 0 Å². The Kier molecular flexibility index (Phi) is 3.61. The van der Waals surface area contributed by atoms with Crippen molar-refractivity contribution < 1.29 is 4.74 Å². The highest BCUT2D eigenvalue weighted by Crippen LogP contribution is 2.32. The lowest BCUT2D eigenvalue weighted by atomic mass is 9.86. The fraction of sp³-hybridized carbons (Fsp3) is 0.909. The second kappa shape index (κ2) is 5.00. The van der Waals surface area contributed by atoms with Gasteiger partial charge in [-0.3, -0.25) is 0 Å². The van der Waals surface area contributed by atoms with Gasteiger partial charge in [-0.1, -0.05) is 18.9 Å². The third kappa shape index (κ3) is 2.57. The van der Waals surface area contributed by atoms with Crippen LogP contribution in [0.1, 0.15) is 39.5 Å². The van der Waals surface area contributed by atoms with Crippen molar-refractivity contribution >= 4 is 5.95 Å². The molecule has 96 valence electrons. The van der Waals surface area contributed by atoms with Gasteiger partial charge in [0.1, 0.15) is 0 Å². The maximum Gasteiger partial charge on any atom is 0.242 e. The summed E-state index contributed by atoms with van der Waals surface area (Å²) in [6.45, 7) is 5.19. The van der Waals surface area contributed by atoms with E-state index < -0.39 is 0 Å². The Morgan fingerprint density at radius 2 is 2.24 bits per heavy atom. The first-order valence-corrected chi connectivity index (χ1v) is 6.32. The van der Waals surface area contributed by atoms with Crippen LogP contribution in [-0.2, 0) is 11.8 Å². The van der Waals surface area contributed by atoms with Crippen molar-refractivity contribution in [3.8, 4) is 0 Å². The van der Waals surface area contributed by atoms with E-state index in [0.717, 1.165) is 38.2 Å². The normalized spacial score (nSPS) is 23.6. The van der Waals surface area contributed by atoms with E-state index in [-0.39, 0.29) is 5.60 Å². The standard InChI is InChI=1S/C11H21N5O/c1-4-11(5-2)8-9(6-7-17-11)12-10-13-14-15-16(10)3/h9H,4-8H2,1-3H3,(H,12,13,15). The Balaban J connectivity index is 2.00. The molecule has 6 heteroatoms. The number of hydrogen-bond acceptors (Lipinski definition) is 5. The fourth-order valence-electron chi connectivity index (χ4n) is 2.43. The van der Waals surface area contributed by atoms with Crippen LogP contribution in [0.2, 0.25) is 0 Å². The molecular formula is C11H21N5O. The highest BCUT2D eigenvalue weighted by molar-refractivity contribution is 5.23. The third-order valence-corrected chi connectivity index (χ3v) is 3.73. The van der Waals surface area contributed by atoms with Crippen LogP contribution in [-0.4, -0.2) is 38.5 Å². The Labute approximate surface area is 102 Å². The lowest BCUT2D eigenvalue weighted by molar-refractivity contribution is -0.0865. The van der Waals surface area contributed by atoms with Crippen LogP contribution in [0.5, 0.6) is 0 Å². The molecule has 1 atom stereocenters. The molecule has 0 aliphatic carbocycles. The summed E-state index contributed by atoms with van der Waals surface area (Å²) in [7, 11) is 1.84. The Morgan fingerprint density at radius 3 is 2.82 bits per heavy atom. The summed E-state index contributed by atoms with van der Waals surface area (Å²) in [5, 5.41) is 14.8. The number of nitrogens with zero attached hydrogens (tertiary/aromatic N) is 4. The van der Waals surface area contributed by atoms with E-state index in [0.29, 0.717) is 6.04 Å². The minimum Gasteiger partial charge on any atom is -0.375 e. The van der Waals surface area contributed by atoms with Crippen LogP contribution < -0.4 is 5.32 Å². The molecule has 1 aliphatic rings. The van der Waals surface area contributed by atoms with Crippen LogP contribution in [0.4, 0.5) is 5.95 Å². The molecule has 1 N–H and O–H groups in total. The minimum absolute atomic E-state index is 0.0297. The van der Waals surface area contributed by atoms with E-state index in [2.05, 4.69) is 34.7 Å². The SMILES string of the molecule is CCC1(CC)CC(Nc2nnnn2C)CCO1. The Morgan fingerprint density at radius 1 is 1.47 bits per heavy atom. The van der Waals surface area contributed by atoms with E-state index in [4.69, 9.17) is 4.74 Å². The Hall–Kier alpha value is -1.17. The fourth-order valence-corrected chi connectivity index (χ4v) is 2.43. The van der Waals surface area contributed by atoms with Crippen molar-refractivity contribution in [2.24, 2.45) is 7.05 Å². The van der Waals surface area contributed by atoms with Gasteiger partial charge < -0.3 is 10.1 Å². The largest absolute Gasteiger partial charge is 0.375 e. The van der Waals surface area contributed by atoms with Gasteiger partial charge in [0, 0.05) is 19.7 Å². The van der Waals surface area contributed by atoms with Gasteiger partial charge >= 0.3 is 0 Å².